The normalized spacial score (nSPS) is 41.4. The summed E-state index contributed by atoms with van der Waals surface area (Å²) in [4.78, 5) is 29.6. The van der Waals surface area contributed by atoms with Crippen LogP contribution in [0.5, 0.6) is 0 Å². The molecule has 7 nitrogen and oxygen atoms in total. The lowest BCUT2D eigenvalue weighted by Crippen LogP contribution is -2.66. The van der Waals surface area contributed by atoms with E-state index in [2.05, 4.69) is 13.8 Å². The number of hydrogen-bond donors (Lipinski definition) is 3. The van der Waals surface area contributed by atoms with Crippen molar-refractivity contribution < 1.29 is 29.6 Å². The van der Waals surface area contributed by atoms with E-state index < -0.39 is 41.8 Å². The van der Waals surface area contributed by atoms with Crippen molar-refractivity contribution in [3.05, 3.63) is 53.1 Å². The van der Waals surface area contributed by atoms with Gasteiger partial charge in [-0.3, -0.25) is 9.69 Å². The van der Waals surface area contributed by atoms with E-state index in [0.717, 1.165) is 30.5 Å². The van der Waals surface area contributed by atoms with Crippen LogP contribution in [0.2, 0.25) is 0 Å². The minimum Gasteiger partial charge on any atom is -0.438 e. The van der Waals surface area contributed by atoms with E-state index in [1.54, 1.807) is 24.0 Å². The van der Waals surface area contributed by atoms with Crippen LogP contribution in [-0.2, 0) is 16.0 Å². The fraction of sp³-hybridized carbons (Fsp3) is 0.600. The van der Waals surface area contributed by atoms with Crippen molar-refractivity contribution in [2.75, 3.05) is 18.1 Å². The molecule has 2 bridgehead atoms. The van der Waals surface area contributed by atoms with Crippen LogP contribution in [0.1, 0.15) is 46.1 Å². The summed E-state index contributed by atoms with van der Waals surface area (Å²) in [6, 6.07) is 7.69. The average Bonchev–Trinajstić information content (AvgIpc) is 3.37. The van der Waals surface area contributed by atoms with E-state index in [-0.39, 0.29) is 28.6 Å². The van der Waals surface area contributed by atoms with Crippen molar-refractivity contribution in [1.82, 2.24) is 0 Å². The highest BCUT2D eigenvalue weighted by Crippen LogP contribution is 2.71. The third-order valence-corrected chi connectivity index (χ3v) is 10.4. The Bertz CT molecular complexity index is 1230. The van der Waals surface area contributed by atoms with Crippen LogP contribution in [0.25, 0.3) is 0 Å². The number of fused-ring (bicyclic) bond motifs is 4. The fourth-order valence-electron chi connectivity index (χ4n) is 8.48. The molecular formula is C30H37NO6. The fourth-order valence-corrected chi connectivity index (χ4v) is 8.48. The molecule has 0 saturated heterocycles. The lowest BCUT2D eigenvalue weighted by Gasteiger charge is -2.49. The second-order valence-corrected chi connectivity index (χ2v) is 12.5. The Labute approximate surface area is 217 Å². The minimum atomic E-state index is -2.12. The summed E-state index contributed by atoms with van der Waals surface area (Å²) in [6.07, 6.45) is 2.43. The minimum absolute atomic E-state index is 0.0362. The molecule has 2 saturated carbocycles. The number of hydrogen-bond acceptors (Lipinski definition) is 6. The zero-order chi connectivity index (χ0) is 26.5. The standard InChI is InChI=1S/C30H37NO6/c1-16-14-29-17(2)12-21-23(28(21,3)4)20(25(29)34)13-19(15-32)24(33)30(29,36)26(16)37-27(35)31-11-7-9-18-8-5-6-10-22(18)31/h5-6,8,10,13-14,17,20-21,23-24,26,32-33,36H,7,9,11-12,15H2,1-4H3/t17?,20-,21+,23-,24+,26-,29?,30-/m0/s1. The Morgan fingerprint density at radius 3 is 2.70 bits per heavy atom. The molecule has 1 aromatic rings. The third-order valence-electron chi connectivity index (χ3n) is 10.4. The zero-order valence-corrected chi connectivity index (χ0v) is 22.0. The molecule has 1 spiro atoms. The van der Waals surface area contributed by atoms with Gasteiger partial charge in [0.1, 0.15) is 6.10 Å². The summed E-state index contributed by atoms with van der Waals surface area (Å²) in [5, 5.41) is 34.5. The summed E-state index contributed by atoms with van der Waals surface area (Å²) in [7, 11) is 0. The summed E-state index contributed by atoms with van der Waals surface area (Å²) < 4.78 is 6.06. The Balaban J connectivity index is 1.43. The topological polar surface area (TPSA) is 107 Å². The highest BCUT2D eigenvalue weighted by molar-refractivity contribution is 5.96. The van der Waals surface area contributed by atoms with Crippen LogP contribution < -0.4 is 4.90 Å². The van der Waals surface area contributed by atoms with Gasteiger partial charge in [-0.2, -0.15) is 0 Å². The second kappa shape index (κ2) is 8.01. The maximum atomic E-state index is 14.4. The maximum absolute atomic E-state index is 14.4. The molecule has 4 aliphatic carbocycles. The molecule has 37 heavy (non-hydrogen) atoms. The predicted octanol–water partition coefficient (Wildman–Crippen LogP) is 3.41. The largest absolute Gasteiger partial charge is 0.438 e. The number of aliphatic hydroxyl groups excluding tert-OH is 2. The van der Waals surface area contributed by atoms with Crippen molar-refractivity contribution in [2.45, 2.75) is 64.8 Å². The van der Waals surface area contributed by atoms with Crippen LogP contribution in [0.15, 0.2) is 47.6 Å². The first-order chi connectivity index (χ1) is 17.5. The van der Waals surface area contributed by atoms with Crippen molar-refractivity contribution >= 4 is 17.6 Å². The van der Waals surface area contributed by atoms with Crippen LogP contribution in [0, 0.1) is 34.5 Å². The van der Waals surface area contributed by atoms with E-state index in [1.807, 2.05) is 31.2 Å². The Morgan fingerprint density at radius 1 is 1.24 bits per heavy atom. The summed E-state index contributed by atoms with van der Waals surface area (Å²) in [5.41, 5.74) is -0.994. The van der Waals surface area contributed by atoms with Gasteiger partial charge in [-0.25, -0.2) is 4.79 Å². The van der Waals surface area contributed by atoms with Crippen molar-refractivity contribution in [1.29, 1.82) is 0 Å². The van der Waals surface area contributed by atoms with Crippen LogP contribution in [0.4, 0.5) is 10.5 Å². The number of anilines is 1. The molecule has 6 rings (SSSR count). The summed E-state index contributed by atoms with van der Waals surface area (Å²) in [6.45, 7) is 8.03. The lowest BCUT2D eigenvalue weighted by molar-refractivity contribution is -0.189. The van der Waals surface area contributed by atoms with Crippen LogP contribution >= 0.6 is 0 Å². The molecule has 1 aromatic carbocycles. The first kappa shape index (κ1) is 24.8. The van der Waals surface area contributed by atoms with Gasteiger partial charge in [0.25, 0.3) is 0 Å². The van der Waals surface area contributed by atoms with E-state index in [4.69, 9.17) is 4.74 Å². The van der Waals surface area contributed by atoms with Crippen molar-refractivity contribution in [2.24, 2.45) is 34.5 Å². The van der Waals surface area contributed by atoms with E-state index in [9.17, 15) is 24.9 Å². The zero-order valence-electron chi connectivity index (χ0n) is 22.0. The van der Waals surface area contributed by atoms with Crippen LogP contribution in [-0.4, -0.2) is 58.2 Å². The molecule has 8 atom stereocenters. The molecular weight excluding hydrogens is 470 g/mol. The van der Waals surface area contributed by atoms with E-state index in [0.29, 0.717) is 18.0 Å². The van der Waals surface area contributed by atoms with Gasteiger partial charge in [0.2, 0.25) is 0 Å². The number of ketones is 1. The number of nitrogens with zero attached hydrogens (tertiary/aromatic N) is 1. The van der Waals surface area contributed by atoms with Crippen molar-refractivity contribution in [3.8, 4) is 0 Å². The first-order valence-electron chi connectivity index (χ1n) is 13.5. The van der Waals surface area contributed by atoms with Gasteiger partial charge in [0.15, 0.2) is 17.5 Å². The molecule has 5 aliphatic rings. The Morgan fingerprint density at radius 2 is 1.97 bits per heavy atom. The number of benzene rings is 1. The maximum Gasteiger partial charge on any atom is 0.414 e. The molecule has 0 radical (unpaired) electrons. The van der Waals surface area contributed by atoms with Crippen molar-refractivity contribution in [3.63, 3.8) is 0 Å². The van der Waals surface area contributed by atoms with Crippen LogP contribution in [0.3, 0.4) is 0 Å². The molecule has 1 aliphatic heterocycles. The number of ether oxygens (including phenoxy) is 1. The predicted molar refractivity (Wildman–Crippen MR) is 138 cm³/mol. The number of aryl methyl sites for hydroxylation is 1. The number of Topliss-reactive ketones (excluding diaryl/α,β-unsaturated/α-hetero) is 1. The first-order valence-corrected chi connectivity index (χ1v) is 13.5. The number of amides is 1. The number of allylic oxidation sites excluding steroid dienone is 1. The van der Waals surface area contributed by atoms with Gasteiger partial charge < -0.3 is 20.1 Å². The third kappa shape index (κ3) is 3.05. The number of aliphatic hydroxyl groups is 3. The molecule has 3 N–H and O–H groups in total. The number of carbonyl (C=O) groups is 2. The molecule has 198 valence electrons. The molecule has 2 fully saturated rings. The molecule has 1 heterocycles. The Hall–Kier alpha value is -2.48. The molecule has 2 unspecified atom stereocenters. The van der Waals surface area contributed by atoms with Gasteiger partial charge in [-0.15, -0.1) is 0 Å². The molecule has 0 aromatic heterocycles. The molecule has 7 heteroatoms. The average molecular weight is 508 g/mol. The Kier molecular flexibility index (Phi) is 5.38. The highest BCUT2D eigenvalue weighted by Gasteiger charge is 2.76. The van der Waals surface area contributed by atoms with Gasteiger partial charge >= 0.3 is 6.09 Å². The van der Waals surface area contributed by atoms with Gasteiger partial charge in [-0.1, -0.05) is 51.1 Å². The van der Waals surface area contributed by atoms with Gasteiger partial charge in [0.05, 0.1) is 17.7 Å². The van der Waals surface area contributed by atoms with E-state index >= 15 is 0 Å². The number of carbonyl (C=O) groups excluding carboxylic acids is 2. The number of rotatable bonds is 2. The monoisotopic (exact) mass is 507 g/mol. The quantitative estimate of drug-likeness (QED) is 0.530. The van der Waals surface area contributed by atoms with Gasteiger partial charge in [-0.05, 0) is 72.1 Å². The summed E-state index contributed by atoms with van der Waals surface area (Å²) >= 11 is 0. The van der Waals surface area contributed by atoms with Gasteiger partial charge in [0, 0.05) is 12.5 Å². The highest BCUT2D eigenvalue weighted by atomic mass is 16.6. The number of para-hydroxylation sites is 1. The summed E-state index contributed by atoms with van der Waals surface area (Å²) in [5.74, 6) is -0.586. The second-order valence-electron chi connectivity index (χ2n) is 12.5. The SMILES string of the molecule is CC1=CC23C(=O)[C@@H](C=C(CO)[C@@H](O)[C@]2(O)[C@H]1OC(=O)N1CCCc2ccccc21)[C@H]1[C@@H](CC3C)C1(C)C. The smallest absolute Gasteiger partial charge is 0.414 e. The van der Waals surface area contributed by atoms with E-state index in [1.165, 1.54) is 0 Å². The lowest BCUT2D eigenvalue weighted by atomic mass is 9.59. The molecule has 1 amide bonds.